The van der Waals surface area contributed by atoms with Crippen molar-refractivity contribution in [3.8, 4) is 11.5 Å². The summed E-state index contributed by atoms with van der Waals surface area (Å²) in [6, 6.07) is 5.61. The molecule has 0 heterocycles. The molecular weight excluding hydrogens is 204 g/mol. The van der Waals surface area contributed by atoms with Crippen LogP contribution in [0.4, 0.5) is 5.69 Å². The van der Waals surface area contributed by atoms with Crippen LogP contribution >= 0.6 is 0 Å². The first-order chi connectivity index (χ1) is 7.67. The Bertz CT molecular complexity index is 362. The minimum absolute atomic E-state index is 0.608. The minimum atomic E-state index is 0.608. The molecular formula is C12H18N2O2. The van der Waals surface area contributed by atoms with Gasteiger partial charge in [0.05, 0.1) is 25.7 Å². The van der Waals surface area contributed by atoms with Crippen LogP contribution in [-0.2, 0) is 0 Å². The average molecular weight is 222 g/mol. The van der Waals surface area contributed by atoms with Crippen molar-refractivity contribution in [1.29, 1.82) is 0 Å². The van der Waals surface area contributed by atoms with Crippen LogP contribution in [0.15, 0.2) is 23.2 Å². The van der Waals surface area contributed by atoms with Gasteiger partial charge in [0, 0.05) is 20.2 Å². The van der Waals surface area contributed by atoms with Gasteiger partial charge in [0.1, 0.15) is 0 Å². The van der Waals surface area contributed by atoms with Crippen molar-refractivity contribution in [2.24, 2.45) is 4.99 Å². The summed E-state index contributed by atoms with van der Waals surface area (Å²) in [5.74, 6) is 1.45. The molecule has 0 amide bonds. The van der Waals surface area contributed by atoms with Gasteiger partial charge in [-0.05, 0) is 19.1 Å². The lowest BCUT2D eigenvalue weighted by Gasteiger charge is -2.09. The van der Waals surface area contributed by atoms with Crippen LogP contribution in [0.3, 0.4) is 0 Å². The molecule has 0 radical (unpaired) electrons. The van der Waals surface area contributed by atoms with Crippen LogP contribution in [0.25, 0.3) is 0 Å². The van der Waals surface area contributed by atoms with Crippen molar-refractivity contribution in [1.82, 2.24) is 4.90 Å². The van der Waals surface area contributed by atoms with E-state index in [9.17, 15) is 0 Å². The lowest BCUT2D eigenvalue weighted by molar-refractivity contribution is 0.311. The van der Waals surface area contributed by atoms with Gasteiger partial charge in [0.25, 0.3) is 0 Å². The number of hydrogen-bond acceptors (Lipinski definition) is 3. The summed E-state index contributed by atoms with van der Waals surface area (Å²) in [6.45, 7) is 2.55. The summed E-state index contributed by atoms with van der Waals surface area (Å²) in [6.07, 6.45) is 1.75. The van der Waals surface area contributed by atoms with Crippen LogP contribution in [0, 0.1) is 0 Å². The fourth-order valence-electron chi connectivity index (χ4n) is 1.20. The maximum absolute atomic E-state index is 5.46. The highest BCUT2D eigenvalue weighted by Crippen LogP contribution is 2.31. The van der Waals surface area contributed by atoms with E-state index < -0.39 is 0 Å². The van der Waals surface area contributed by atoms with Crippen LogP contribution in [0.5, 0.6) is 11.5 Å². The molecule has 1 aromatic carbocycles. The van der Waals surface area contributed by atoms with Gasteiger partial charge < -0.3 is 14.4 Å². The fraction of sp³-hybridized carbons (Fsp3) is 0.417. The van der Waals surface area contributed by atoms with Crippen LogP contribution in [0.1, 0.15) is 6.92 Å². The van der Waals surface area contributed by atoms with E-state index in [0.29, 0.717) is 6.61 Å². The molecule has 0 N–H and O–H groups in total. The predicted molar refractivity (Wildman–Crippen MR) is 66.0 cm³/mol. The number of aliphatic imine (C=N–C) groups is 1. The van der Waals surface area contributed by atoms with E-state index in [-0.39, 0.29) is 0 Å². The molecule has 0 bridgehead atoms. The van der Waals surface area contributed by atoms with Gasteiger partial charge in [-0.1, -0.05) is 0 Å². The Labute approximate surface area is 96.5 Å². The summed E-state index contributed by atoms with van der Waals surface area (Å²) in [5.41, 5.74) is 0.845. The zero-order valence-electron chi connectivity index (χ0n) is 10.2. The summed E-state index contributed by atoms with van der Waals surface area (Å²) in [5, 5.41) is 0. The Morgan fingerprint density at radius 3 is 2.62 bits per heavy atom. The standard InChI is InChI=1S/C12H18N2O2/c1-5-16-12-8-10(13-9-14(2)3)6-7-11(12)15-4/h6-9H,5H2,1-4H3. The number of ether oxygens (including phenoxy) is 2. The van der Waals surface area contributed by atoms with Gasteiger partial charge in [0.15, 0.2) is 11.5 Å². The van der Waals surface area contributed by atoms with Gasteiger partial charge >= 0.3 is 0 Å². The van der Waals surface area contributed by atoms with Crippen LogP contribution in [0.2, 0.25) is 0 Å². The molecule has 0 saturated carbocycles. The third-order valence-electron chi connectivity index (χ3n) is 1.88. The first-order valence-corrected chi connectivity index (χ1v) is 5.18. The first-order valence-electron chi connectivity index (χ1n) is 5.18. The zero-order valence-corrected chi connectivity index (χ0v) is 10.2. The van der Waals surface area contributed by atoms with E-state index in [1.165, 1.54) is 0 Å². The lowest BCUT2D eigenvalue weighted by Crippen LogP contribution is -2.06. The van der Waals surface area contributed by atoms with Crippen LogP contribution in [-0.4, -0.2) is 39.1 Å². The molecule has 0 fully saturated rings. The van der Waals surface area contributed by atoms with Gasteiger partial charge in [-0.3, -0.25) is 0 Å². The van der Waals surface area contributed by atoms with E-state index in [4.69, 9.17) is 9.47 Å². The molecule has 0 aliphatic carbocycles. The minimum Gasteiger partial charge on any atom is -0.493 e. The van der Waals surface area contributed by atoms with E-state index in [0.717, 1.165) is 17.2 Å². The highest BCUT2D eigenvalue weighted by molar-refractivity contribution is 5.62. The largest absolute Gasteiger partial charge is 0.493 e. The van der Waals surface area contributed by atoms with Gasteiger partial charge in [0.2, 0.25) is 0 Å². The van der Waals surface area contributed by atoms with Crippen molar-refractivity contribution in [2.75, 3.05) is 27.8 Å². The van der Waals surface area contributed by atoms with E-state index in [1.807, 2.05) is 44.1 Å². The molecule has 0 unspecified atom stereocenters. The van der Waals surface area contributed by atoms with Gasteiger partial charge in [-0.2, -0.15) is 0 Å². The van der Waals surface area contributed by atoms with E-state index >= 15 is 0 Å². The normalized spacial score (nSPS) is 10.5. The Balaban J connectivity index is 2.92. The van der Waals surface area contributed by atoms with Crippen molar-refractivity contribution < 1.29 is 9.47 Å². The Hall–Kier alpha value is -1.71. The maximum Gasteiger partial charge on any atom is 0.163 e. The smallest absolute Gasteiger partial charge is 0.163 e. The molecule has 0 spiro atoms. The molecule has 4 heteroatoms. The summed E-state index contributed by atoms with van der Waals surface area (Å²) >= 11 is 0. The molecule has 0 atom stereocenters. The molecule has 1 aromatic rings. The molecule has 4 nitrogen and oxygen atoms in total. The Kier molecular flexibility index (Phi) is 4.64. The zero-order chi connectivity index (χ0) is 12.0. The van der Waals surface area contributed by atoms with Gasteiger partial charge in [-0.15, -0.1) is 0 Å². The van der Waals surface area contributed by atoms with E-state index in [2.05, 4.69) is 4.99 Å². The summed E-state index contributed by atoms with van der Waals surface area (Å²) in [7, 11) is 5.48. The quantitative estimate of drug-likeness (QED) is 0.566. The summed E-state index contributed by atoms with van der Waals surface area (Å²) in [4.78, 5) is 6.17. The monoisotopic (exact) mass is 222 g/mol. The molecule has 0 aliphatic heterocycles. The molecule has 16 heavy (non-hydrogen) atoms. The number of rotatable bonds is 5. The number of methoxy groups -OCH3 is 1. The second kappa shape index (κ2) is 6.00. The first kappa shape index (κ1) is 12.4. The predicted octanol–water partition coefficient (Wildman–Crippen LogP) is 2.32. The molecule has 0 aliphatic rings. The second-order valence-corrected chi connectivity index (χ2v) is 3.48. The Morgan fingerprint density at radius 2 is 2.06 bits per heavy atom. The van der Waals surface area contributed by atoms with Crippen molar-refractivity contribution >= 4 is 12.0 Å². The SMILES string of the molecule is CCOc1cc(N=CN(C)C)ccc1OC. The third kappa shape index (κ3) is 3.46. The maximum atomic E-state index is 5.46. The lowest BCUT2D eigenvalue weighted by atomic mass is 10.3. The van der Waals surface area contributed by atoms with Crippen molar-refractivity contribution in [2.45, 2.75) is 6.92 Å². The van der Waals surface area contributed by atoms with Crippen molar-refractivity contribution in [3.63, 3.8) is 0 Å². The summed E-state index contributed by atoms with van der Waals surface area (Å²) < 4.78 is 10.7. The molecule has 0 saturated heterocycles. The third-order valence-corrected chi connectivity index (χ3v) is 1.88. The second-order valence-electron chi connectivity index (χ2n) is 3.48. The van der Waals surface area contributed by atoms with Crippen LogP contribution < -0.4 is 9.47 Å². The molecule has 88 valence electrons. The molecule has 0 aromatic heterocycles. The number of nitrogens with zero attached hydrogens (tertiary/aromatic N) is 2. The number of benzene rings is 1. The topological polar surface area (TPSA) is 34.1 Å². The number of hydrogen-bond donors (Lipinski definition) is 0. The van der Waals surface area contributed by atoms with Gasteiger partial charge in [-0.25, -0.2) is 4.99 Å². The van der Waals surface area contributed by atoms with Crippen molar-refractivity contribution in [3.05, 3.63) is 18.2 Å². The molecule has 1 rings (SSSR count). The average Bonchev–Trinajstić information content (AvgIpc) is 2.27. The fourth-order valence-corrected chi connectivity index (χ4v) is 1.20. The van der Waals surface area contributed by atoms with E-state index in [1.54, 1.807) is 13.4 Å². The highest BCUT2D eigenvalue weighted by Gasteiger charge is 2.04. The highest BCUT2D eigenvalue weighted by atomic mass is 16.5. The Morgan fingerprint density at radius 1 is 1.31 bits per heavy atom.